The third kappa shape index (κ3) is 3.26. The average Bonchev–Trinajstić information content (AvgIpc) is 3.08. The molecule has 1 amide bonds. The Bertz CT molecular complexity index is 646. The van der Waals surface area contributed by atoms with Crippen molar-refractivity contribution in [2.75, 3.05) is 19.6 Å². The number of piperazine rings is 1. The van der Waals surface area contributed by atoms with Crippen molar-refractivity contribution in [3.63, 3.8) is 0 Å². The van der Waals surface area contributed by atoms with Crippen LogP contribution in [0.1, 0.15) is 12.5 Å². The van der Waals surface area contributed by atoms with E-state index in [2.05, 4.69) is 17.2 Å². The van der Waals surface area contributed by atoms with Gasteiger partial charge >= 0.3 is 0 Å². The predicted molar refractivity (Wildman–Crippen MR) is 86.6 cm³/mol. The van der Waals surface area contributed by atoms with Crippen molar-refractivity contribution in [2.45, 2.75) is 13.0 Å². The van der Waals surface area contributed by atoms with Gasteiger partial charge in [0.15, 0.2) is 0 Å². The van der Waals surface area contributed by atoms with Crippen molar-refractivity contribution in [3.05, 3.63) is 54.6 Å². The summed E-state index contributed by atoms with van der Waals surface area (Å²) in [5.74, 6) is 0.0766. The summed E-state index contributed by atoms with van der Waals surface area (Å²) in [5, 5.41) is 3.29. The Morgan fingerprint density at radius 2 is 2.18 bits per heavy atom. The molecular formula is C17H20N4O. The minimum Gasteiger partial charge on any atom is -0.334 e. The monoisotopic (exact) mass is 296 g/mol. The van der Waals surface area contributed by atoms with Gasteiger partial charge in [-0.1, -0.05) is 12.1 Å². The third-order valence-electron chi connectivity index (χ3n) is 3.90. The molecule has 0 saturated carbocycles. The van der Waals surface area contributed by atoms with Crippen LogP contribution in [0.2, 0.25) is 0 Å². The van der Waals surface area contributed by atoms with Crippen molar-refractivity contribution in [2.24, 2.45) is 0 Å². The maximum absolute atomic E-state index is 12.2. The molecule has 5 nitrogen and oxygen atoms in total. The van der Waals surface area contributed by atoms with Crippen LogP contribution in [0.25, 0.3) is 11.8 Å². The van der Waals surface area contributed by atoms with Crippen molar-refractivity contribution < 1.29 is 4.79 Å². The molecule has 1 aliphatic heterocycles. The van der Waals surface area contributed by atoms with E-state index in [1.165, 1.54) is 0 Å². The second-order valence-corrected chi connectivity index (χ2v) is 5.48. The van der Waals surface area contributed by atoms with Crippen LogP contribution >= 0.6 is 0 Å². The highest BCUT2D eigenvalue weighted by Crippen LogP contribution is 2.11. The van der Waals surface area contributed by atoms with Gasteiger partial charge in [0.2, 0.25) is 5.91 Å². The molecule has 0 spiro atoms. The fourth-order valence-corrected chi connectivity index (χ4v) is 2.60. The number of nitrogens with one attached hydrogen (secondary N) is 1. The van der Waals surface area contributed by atoms with Gasteiger partial charge in [0, 0.05) is 49.8 Å². The molecule has 114 valence electrons. The third-order valence-corrected chi connectivity index (χ3v) is 3.90. The van der Waals surface area contributed by atoms with E-state index in [0.717, 1.165) is 30.9 Å². The summed E-state index contributed by atoms with van der Waals surface area (Å²) in [6, 6.07) is 8.27. The van der Waals surface area contributed by atoms with Crippen LogP contribution in [0.4, 0.5) is 0 Å². The molecule has 0 aliphatic carbocycles. The van der Waals surface area contributed by atoms with Crippen LogP contribution < -0.4 is 5.32 Å². The minimum absolute atomic E-state index is 0.0766. The Hall–Kier alpha value is -2.40. The fourth-order valence-electron chi connectivity index (χ4n) is 2.60. The Labute approximate surface area is 130 Å². The molecule has 1 atom stereocenters. The number of hydrogen-bond acceptors (Lipinski definition) is 3. The van der Waals surface area contributed by atoms with E-state index in [1.54, 1.807) is 18.6 Å². The van der Waals surface area contributed by atoms with E-state index in [4.69, 9.17) is 0 Å². The molecule has 1 aliphatic rings. The summed E-state index contributed by atoms with van der Waals surface area (Å²) in [5.41, 5.74) is 2.07. The van der Waals surface area contributed by atoms with E-state index < -0.39 is 0 Å². The van der Waals surface area contributed by atoms with Gasteiger partial charge in [-0.15, -0.1) is 0 Å². The maximum Gasteiger partial charge on any atom is 0.246 e. The Balaban J connectivity index is 1.66. The zero-order chi connectivity index (χ0) is 15.4. The lowest BCUT2D eigenvalue weighted by Crippen LogP contribution is -2.51. The van der Waals surface area contributed by atoms with Crippen molar-refractivity contribution in [3.8, 4) is 5.69 Å². The number of nitrogens with zero attached hydrogens (tertiary/aromatic N) is 3. The first-order valence-corrected chi connectivity index (χ1v) is 7.52. The first-order valence-electron chi connectivity index (χ1n) is 7.52. The smallest absolute Gasteiger partial charge is 0.246 e. The molecule has 1 fully saturated rings. The highest BCUT2D eigenvalue weighted by Gasteiger charge is 2.20. The molecule has 5 heteroatoms. The van der Waals surface area contributed by atoms with Gasteiger partial charge in [-0.05, 0) is 30.7 Å². The van der Waals surface area contributed by atoms with Gasteiger partial charge in [0.25, 0.3) is 0 Å². The quantitative estimate of drug-likeness (QED) is 0.877. The highest BCUT2D eigenvalue weighted by atomic mass is 16.2. The molecule has 0 bridgehead atoms. The second kappa shape index (κ2) is 6.58. The maximum atomic E-state index is 12.2. The largest absolute Gasteiger partial charge is 0.334 e. The van der Waals surface area contributed by atoms with Gasteiger partial charge in [-0.2, -0.15) is 0 Å². The number of amides is 1. The summed E-state index contributed by atoms with van der Waals surface area (Å²) in [6.07, 6.45) is 8.95. The molecular weight excluding hydrogens is 276 g/mol. The van der Waals surface area contributed by atoms with Crippen molar-refractivity contribution >= 4 is 12.0 Å². The Kier molecular flexibility index (Phi) is 4.34. The lowest BCUT2D eigenvalue weighted by atomic mass is 10.1. The van der Waals surface area contributed by atoms with E-state index in [-0.39, 0.29) is 11.9 Å². The van der Waals surface area contributed by atoms with Crippen LogP contribution in [0.15, 0.2) is 49.1 Å². The molecule has 1 N–H and O–H groups in total. The molecule has 1 aromatic carbocycles. The lowest BCUT2D eigenvalue weighted by molar-refractivity contribution is -0.128. The Morgan fingerprint density at radius 1 is 1.36 bits per heavy atom. The fraction of sp³-hybridized carbons (Fsp3) is 0.294. The van der Waals surface area contributed by atoms with Gasteiger partial charge in [-0.3, -0.25) is 4.79 Å². The van der Waals surface area contributed by atoms with Crippen LogP contribution in [0.5, 0.6) is 0 Å². The number of aromatic nitrogens is 2. The van der Waals surface area contributed by atoms with Gasteiger partial charge in [0.05, 0.1) is 6.33 Å². The first kappa shape index (κ1) is 14.5. The van der Waals surface area contributed by atoms with Crippen LogP contribution in [-0.4, -0.2) is 46.0 Å². The number of carbonyl (C=O) groups is 1. The minimum atomic E-state index is 0.0766. The number of hydrogen-bond donors (Lipinski definition) is 1. The number of benzene rings is 1. The number of carbonyl (C=O) groups excluding carboxylic acids is 1. The molecule has 0 radical (unpaired) electrons. The summed E-state index contributed by atoms with van der Waals surface area (Å²) < 4.78 is 1.95. The molecule has 1 unspecified atom stereocenters. The molecule has 22 heavy (non-hydrogen) atoms. The van der Waals surface area contributed by atoms with E-state index in [9.17, 15) is 4.79 Å². The van der Waals surface area contributed by atoms with Gasteiger partial charge < -0.3 is 14.8 Å². The van der Waals surface area contributed by atoms with Crippen molar-refractivity contribution in [1.82, 2.24) is 19.8 Å². The van der Waals surface area contributed by atoms with Gasteiger partial charge in [-0.25, -0.2) is 4.98 Å². The average molecular weight is 296 g/mol. The first-order chi connectivity index (χ1) is 10.7. The standard InChI is InChI=1S/C17H20N4O/c1-14-12-18-9-11-21(14)17(22)7-4-15-2-5-16(6-3-15)20-10-8-19-13-20/h2-8,10,13-14,18H,9,11-12H2,1H3/b7-4+. The zero-order valence-corrected chi connectivity index (χ0v) is 12.6. The molecule has 1 aromatic heterocycles. The number of imidazole rings is 1. The lowest BCUT2D eigenvalue weighted by Gasteiger charge is -2.33. The summed E-state index contributed by atoms with van der Waals surface area (Å²) in [7, 11) is 0. The van der Waals surface area contributed by atoms with Crippen LogP contribution in [0, 0.1) is 0 Å². The van der Waals surface area contributed by atoms with Gasteiger partial charge in [0.1, 0.15) is 0 Å². The summed E-state index contributed by atoms with van der Waals surface area (Å²) in [6.45, 7) is 4.56. The molecule has 3 rings (SSSR count). The SMILES string of the molecule is CC1CNCCN1C(=O)/C=C/c1ccc(-n2ccnc2)cc1. The van der Waals surface area contributed by atoms with Crippen molar-refractivity contribution in [1.29, 1.82) is 0 Å². The van der Waals surface area contributed by atoms with E-state index in [0.29, 0.717) is 0 Å². The number of rotatable bonds is 3. The second-order valence-electron chi connectivity index (χ2n) is 5.48. The molecule has 1 saturated heterocycles. The molecule has 2 heterocycles. The normalized spacial score (nSPS) is 18.8. The summed E-state index contributed by atoms with van der Waals surface area (Å²) >= 11 is 0. The van der Waals surface area contributed by atoms with Crippen LogP contribution in [-0.2, 0) is 4.79 Å². The van der Waals surface area contributed by atoms with E-state index >= 15 is 0 Å². The topological polar surface area (TPSA) is 50.2 Å². The molecule has 2 aromatic rings. The zero-order valence-electron chi connectivity index (χ0n) is 12.6. The highest BCUT2D eigenvalue weighted by molar-refractivity contribution is 5.92. The van der Waals surface area contributed by atoms with Crippen LogP contribution in [0.3, 0.4) is 0 Å². The summed E-state index contributed by atoms with van der Waals surface area (Å²) in [4.78, 5) is 18.2. The Morgan fingerprint density at radius 3 is 2.86 bits per heavy atom. The van der Waals surface area contributed by atoms with E-state index in [1.807, 2.05) is 46.0 Å². The predicted octanol–water partition coefficient (Wildman–Crippen LogP) is 1.71.